The van der Waals surface area contributed by atoms with E-state index in [2.05, 4.69) is 20.8 Å². The van der Waals surface area contributed by atoms with Gasteiger partial charge in [-0.05, 0) is 54.1 Å². The fourth-order valence-electron chi connectivity index (χ4n) is 2.58. The Labute approximate surface area is 166 Å². The molecule has 1 N–H and O–H groups in total. The van der Waals surface area contributed by atoms with Crippen LogP contribution in [0.15, 0.2) is 53.7 Å². The van der Waals surface area contributed by atoms with E-state index < -0.39 is 0 Å². The van der Waals surface area contributed by atoms with Gasteiger partial charge in [-0.25, -0.2) is 4.39 Å². The largest absolute Gasteiger partial charge is 0.492 e. The molecule has 0 saturated carbocycles. The molecule has 1 aromatic heterocycles. The molecule has 0 aliphatic heterocycles. The number of hydrogen-bond acceptors (Lipinski definition) is 6. The van der Waals surface area contributed by atoms with Gasteiger partial charge in [0.05, 0.1) is 18.4 Å². The number of halogens is 1. The minimum absolute atomic E-state index is 0.142. The van der Waals surface area contributed by atoms with Crippen molar-refractivity contribution < 1.29 is 13.9 Å². The zero-order valence-corrected chi connectivity index (χ0v) is 16.3. The molecular weight excluding hydrogens is 381 g/mol. The molecule has 1 heterocycles. The predicted molar refractivity (Wildman–Crippen MR) is 104 cm³/mol. The Morgan fingerprint density at radius 1 is 1.25 bits per heavy atom. The summed E-state index contributed by atoms with van der Waals surface area (Å²) in [6.07, 6.45) is 0. The molecule has 2 aromatic carbocycles. The SMILES string of the molecule is CCOc1ccccc1-n1nnnc1SCC(=O)N[C@@H](C)c1ccc(F)cc1. The Kier molecular flexibility index (Phi) is 6.59. The fraction of sp³-hybridized carbons (Fsp3) is 0.263. The van der Waals surface area contributed by atoms with E-state index in [1.54, 1.807) is 16.8 Å². The highest BCUT2D eigenvalue weighted by atomic mass is 32.2. The van der Waals surface area contributed by atoms with Crippen molar-refractivity contribution in [1.82, 2.24) is 25.5 Å². The second kappa shape index (κ2) is 9.32. The summed E-state index contributed by atoms with van der Waals surface area (Å²) in [7, 11) is 0. The fourth-order valence-corrected chi connectivity index (χ4v) is 3.27. The van der Waals surface area contributed by atoms with Gasteiger partial charge in [0.25, 0.3) is 0 Å². The Balaban J connectivity index is 1.64. The molecule has 1 amide bonds. The molecule has 0 bridgehead atoms. The standard InChI is InChI=1S/C19H20FN5O2S/c1-3-27-17-7-5-4-6-16(17)25-19(22-23-24-25)28-12-18(26)21-13(2)14-8-10-15(20)11-9-14/h4-11,13H,3,12H2,1-2H3,(H,21,26)/t13-/m0/s1. The van der Waals surface area contributed by atoms with Gasteiger partial charge in [0.15, 0.2) is 0 Å². The molecule has 9 heteroatoms. The summed E-state index contributed by atoms with van der Waals surface area (Å²) in [5, 5.41) is 15.1. The number of aromatic nitrogens is 4. The topological polar surface area (TPSA) is 81.9 Å². The Morgan fingerprint density at radius 3 is 2.75 bits per heavy atom. The minimum atomic E-state index is -0.308. The number of thioether (sulfide) groups is 1. The third kappa shape index (κ3) is 4.86. The van der Waals surface area contributed by atoms with Gasteiger partial charge in [-0.15, -0.1) is 5.10 Å². The van der Waals surface area contributed by atoms with Crippen LogP contribution in [0.3, 0.4) is 0 Å². The zero-order chi connectivity index (χ0) is 19.9. The molecule has 0 aliphatic rings. The van der Waals surface area contributed by atoms with E-state index in [1.807, 2.05) is 38.1 Å². The van der Waals surface area contributed by atoms with Crippen LogP contribution in [0.1, 0.15) is 25.5 Å². The van der Waals surface area contributed by atoms with Crippen LogP contribution >= 0.6 is 11.8 Å². The van der Waals surface area contributed by atoms with Crippen LogP contribution in [0.5, 0.6) is 5.75 Å². The van der Waals surface area contributed by atoms with E-state index in [0.717, 1.165) is 5.56 Å². The number of tetrazole rings is 1. The number of nitrogens with zero attached hydrogens (tertiary/aromatic N) is 4. The summed E-state index contributed by atoms with van der Waals surface area (Å²) in [5.74, 6) is 0.322. The van der Waals surface area contributed by atoms with Crippen LogP contribution in [-0.2, 0) is 4.79 Å². The lowest BCUT2D eigenvalue weighted by atomic mass is 10.1. The Hall–Kier alpha value is -2.94. The predicted octanol–water partition coefficient (Wildman–Crippen LogP) is 3.17. The summed E-state index contributed by atoms with van der Waals surface area (Å²) in [6, 6.07) is 13.2. The molecular formula is C19H20FN5O2S. The number of rotatable bonds is 8. The van der Waals surface area contributed by atoms with Crippen LogP contribution < -0.4 is 10.1 Å². The van der Waals surface area contributed by atoms with Gasteiger partial charge in [0.1, 0.15) is 17.3 Å². The molecule has 0 fully saturated rings. The summed E-state index contributed by atoms with van der Waals surface area (Å²) in [6.45, 7) is 4.27. The summed E-state index contributed by atoms with van der Waals surface area (Å²) in [4.78, 5) is 12.3. The number of hydrogen-bond donors (Lipinski definition) is 1. The van der Waals surface area contributed by atoms with Gasteiger partial charge in [0.2, 0.25) is 11.1 Å². The van der Waals surface area contributed by atoms with Crippen LogP contribution in [0.4, 0.5) is 4.39 Å². The normalized spacial score (nSPS) is 11.8. The first-order valence-corrected chi connectivity index (χ1v) is 9.75. The first-order valence-electron chi connectivity index (χ1n) is 8.76. The van der Waals surface area contributed by atoms with Crippen LogP contribution in [0, 0.1) is 5.82 Å². The maximum atomic E-state index is 13.0. The van der Waals surface area contributed by atoms with E-state index >= 15 is 0 Å². The van der Waals surface area contributed by atoms with Crippen molar-refractivity contribution >= 4 is 17.7 Å². The van der Waals surface area contributed by atoms with Crippen molar-refractivity contribution in [2.75, 3.05) is 12.4 Å². The number of para-hydroxylation sites is 2. The van der Waals surface area contributed by atoms with E-state index in [-0.39, 0.29) is 23.5 Å². The van der Waals surface area contributed by atoms with Crippen LogP contribution in [0.25, 0.3) is 5.69 Å². The third-order valence-electron chi connectivity index (χ3n) is 3.91. The van der Waals surface area contributed by atoms with Crippen molar-refractivity contribution in [3.8, 4) is 11.4 Å². The minimum Gasteiger partial charge on any atom is -0.492 e. The molecule has 0 aliphatic carbocycles. The highest BCUT2D eigenvalue weighted by molar-refractivity contribution is 7.99. The third-order valence-corrected chi connectivity index (χ3v) is 4.83. The van der Waals surface area contributed by atoms with E-state index in [0.29, 0.717) is 23.2 Å². The second-order valence-electron chi connectivity index (χ2n) is 5.90. The Bertz CT molecular complexity index is 932. The monoisotopic (exact) mass is 401 g/mol. The zero-order valence-electron chi connectivity index (χ0n) is 15.5. The van der Waals surface area contributed by atoms with Gasteiger partial charge in [-0.1, -0.05) is 36.0 Å². The maximum Gasteiger partial charge on any atom is 0.230 e. The first-order chi connectivity index (χ1) is 13.6. The van der Waals surface area contributed by atoms with Crippen molar-refractivity contribution in [1.29, 1.82) is 0 Å². The first kappa shape index (κ1) is 19.8. The lowest BCUT2D eigenvalue weighted by Gasteiger charge is -2.14. The second-order valence-corrected chi connectivity index (χ2v) is 6.85. The lowest BCUT2D eigenvalue weighted by Crippen LogP contribution is -2.28. The molecule has 0 radical (unpaired) electrons. The number of benzene rings is 2. The van der Waals surface area contributed by atoms with Crippen molar-refractivity contribution in [2.24, 2.45) is 0 Å². The van der Waals surface area contributed by atoms with E-state index in [9.17, 15) is 9.18 Å². The molecule has 7 nitrogen and oxygen atoms in total. The molecule has 0 saturated heterocycles. The van der Waals surface area contributed by atoms with Gasteiger partial charge in [0, 0.05) is 0 Å². The average Bonchev–Trinajstić information content (AvgIpc) is 3.16. The number of carbonyl (C=O) groups is 1. The average molecular weight is 401 g/mol. The highest BCUT2D eigenvalue weighted by Gasteiger charge is 2.16. The van der Waals surface area contributed by atoms with Gasteiger partial charge in [-0.3, -0.25) is 4.79 Å². The molecule has 1 atom stereocenters. The summed E-state index contributed by atoms with van der Waals surface area (Å²) < 4.78 is 20.2. The molecule has 28 heavy (non-hydrogen) atoms. The van der Waals surface area contributed by atoms with Crippen LogP contribution in [-0.4, -0.2) is 38.5 Å². The quantitative estimate of drug-likeness (QED) is 0.584. The number of carbonyl (C=O) groups excluding carboxylic acids is 1. The van der Waals surface area contributed by atoms with E-state index in [4.69, 9.17) is 4.74 Å². The molecule has 146 valence electrons. The smallest absolute Gasteiger partial charge is 0.230 e. The Morgan fingerprint density at radius 2 is 2.00 bits per heavy atom. The molecule has 3 rings (SSSR count). The molecule has 0 spiro atoms. The molecule has 3 aromatic rings. The van der Waals surface area contributed by atoms with Crippen molar-refractivity contribution in [3.05, 3.63) is 59.9 Å². The maximum absolute atomic E-state index is 13.0. The number of ether oxygens (including phenoxy) is 1. The summed E-state index contributed by atoms with van der Waals surface area (Å²) >= 11 is 1.22. The van der Waals surface area contributed by atoms with Crippen molar-refractivity contribution in [3.63, 3.8) is 0 Å². The van der Waals surface area contributed by atoms with E-state index in [1.165, 1.54) is 23.9 Å². The van der Waals surface area contributed by atoms with Gasteiger partial charge >= 0.3 is 0 Å². The van der Waals surface area contributed by atoms with Gasteiger partial charge < -0.3 is 10.1 Å². The number of amides is 1. The summed E-state index contributed by atoms with van der Waals surface area (Å²) in [5.41, 5.74) is 1.53. The van der Waals surface area contributed by atoms with Gasteiger partial charge in [-0.2, -0.15) is 4.68 Å². The number of nitrogens with one attached hydrogen (secondary N) is 1. The highest BCUT2D eigenvalue weighted by Crippen LogP contribution is 2.26. The molecule has 0 unspecified atom stereocenters. The lowest BCUT2D eigenvalue weighted by molar-refractivity contribution is -0.119. The van der Waals surface area contributed by atoms with Crippen LogP contribution in [0.2, 0.25) is 0 Å². The van der Waals surface area contributed by atoms with Crippen molar-refractivity contribution in [2.45, 2.75) is 25.0 Å².